The topological polar surface area (TPSA) is 628 Å². The largest absolute Gasteiger partial charge is 0.481 e. The van der Waals surface area contributed by atoms with Crippen LogP contribution >= 0.6 is 0 Å². The number of alkyl halides is 3. The van der Waals surface area contributed by atoms with Crippen molar-refractivity contribution in [3.8, 4) is 0 Å². The number of hydrogen-bond donors (Lipinski definition) is 20. The highest BCUT2D eigenvalue weighted by atomic mass is 19.4. The molecule has 0 saturated heterocycles. The van der Waals surface area contributed by atoms with E-state index in [1.165, 1.54) is 32.9 Å². The van der Waals surface area contributed by atoms with Crippen LogP contribution in [0.1, 0.15) is 149 Å². The zero-order chi connectivity index (χ0) is 85.6. The number of carboxylic acid groups (broad SMARTS) is 5. The quantitative estimate of drug-likeness (QED) is 0.0236. The maximum absolute atomic E-state index is 14.4. The first-order valence-corrected chi connectivity index (χ1v) is 35.7. The van der Waals surface area contributed by atoms with Crippen LogP contribution in [0.3, 0.4) is 0 Å². The van der Waals surface area contributed by atoms with Crippen molar-refractivity contribution in [2.75, 3.05) is 13.1 Å². The van der Waals surface area contributed by atoms with Crippen LogP contribution in [0.4, 0.5) is 13.2 Å². The molecule has 21 N–H and O–H groups in total. The van der Waals surface area contributed by atoms with Crippen LogP contribution in [0.2, 0.25) is 0 Å². The lowest BCUT2D eigenvalue weighted by Gasteiger charge is -2.29. The van der Waals surface area contributed by atoms with E-state index in [1.807, 2.05) is 5.32 Å². The number of aliphatic hydroxyl groups excluding tert-OH is 1. The van der Waals surface area contributed by atoms with E-state index in [2.05, 4.69) is 63.8 Å². The molecule has 13 atom stereocenters. The van der Waals surface area contributed by atoms with Gasteiger partial charge < -0.3 is 105 Å². The Morgan fingerprint density at radius 3 is 1.41 bits per heavy atom. The van der Waals surface area contributed by atoms with Crippen LogP contribution in [-0.4, -0.2) is 229 Å². The number of carbonyl (C=O) groups is 19. The molecule has 0 aliphatic rings. The molecule has 39 nitrogen and oxygen atoms in total. The van der Waals surface area contributed by atoms with Crippen molar-refractivity contribution in [3.05, 3.63) is 77.4 Å². The molecule has 0 radical (unpaired) electrons. The predicted octanol–water partition coefficient (Wildman–Crippen LogP) is -2.76. The monoisotopic (exact) mass is 1600 g/mol. The molecular weight excluding hydrogens is 1510 g/mol. The minimum absolute atomic E-state index is 0.00634. The molecule has 2 aromatic rings. The molecule has 2 aromatic carbocycles. The second kappa shape index (κ2) is 48.5. The van der Waals surface area contributed by atoms with E-state index in [0.717, 1.165) is 45.1 Å². The number of nitrogens with one attached hydrogen (secondary N) is 13. The van der Waals surface area contributed by atoms with Crippen molar-refractivity contribution in [2.45, 2.75) is 217 Å². The number of halogens is 3. The minimum atomic E-state index is -4.71. The summed E-state index contributed by atoms with van der Waals surface area (Å²) in [7, 11) is 0. The Kier molecular flexibility index (Phi) is 41.6. The average Bonchev–Trinajstić information content (AvgIpc) is 0.838. The van der Waals surface area contributed by atoms with E-state index in [9.17, 15) is 130 Å². The van der Waals surface area contributed by atoms with Gasteiger partial charge in [-0.25, -0.2) is 4.79 Å². The summed E-state index contributed by atoms with van der Waals surface area (Å²) >= 11 is 0. The molecule has 0 aromatic heterocycles. The summed E-state index contributed by atoms with van der Waals surface area (Å²) in [6.07, 6.45) is -11.4. The molecule has 14 amide bonds. The Morgan fingerprint density at radius 2 is 0.912 bits per heavy atom. The van der Waals surface area contributed by atoms with E-state index in [0.29, 0.717) is 5.56 Å². The van der Waals surface area contributed by atoms with E-state index >= 15 is 0 Å². The molecule has 624 valence electrons. The van der Waals surface area contributed by atoms with Gasteiger partial charge in [0.1, 0.15) is 66.5 Å². The van der Waals surface area contributed by atoms with Crippen molar-refractivity contribution in [2.24, 2.45) is 17.6 Å². The fraction of sp³-hybridized carbons (Fsp3) is 0.535. The smallest absolute Gasteiger partial charge is 0.416 e. The zero-order valence-electron chi connectivity index (χ0n) is 62.9. The van der Waals surface area contributed by atoms with Crippen molar-refractivity contribution in [1.29, 1.82) is 0 Å². The number of amides is 14. The molecule has 0 aliphatic carbocycles. The van der Waals surface area contributed by atoms with E-state index in [1.54, 1.807) is 37.3 Å². The lowest BCUT2D eigenvalue weighted by atomic mass is 9.97. The lowest BCUT2D eigenvalue weighted by molar-refractivity contribution is -0.144. The highest BCUT2D eigenvalue weighted by molar-refractivity contribution is 6.00. The van der Waals surface area contributed by atoms with Gasteiger partial charge in [0.2, 0.25) is 82.7 Å². The summed E-state index contributed by atoms with van der Waals surface area (Å²) in [6.45, 7) is 8.10. The number of carbonyl (C=O) groups excluding carboxylic acids is 14. The molecule has 0 aliphatic heterocycles. The highest BCUT2D eigenvalue weighted by Gasteiger charge is 2.39. The third kappa shape index (κ3) is 37.0. The summed E-state index contributed by atoms with van der Waals surface area (Å²) in [5.41, 5.74) is 4.46. The van der Waals surface area contributed by atoms with Crippen LogP contribution < -0.4 is 74.9 Å². The van der Waals surface area contributed by atoms with E-state index in [4.69, 9.17) is 10.8 Å². The number of benzene rings is 2. The number of rotatable bonds is 51. The fourth-order valence-corrected chi connectivity index (χ4v) is 10.6. The van der Waals surface area contributed by atoms with Crippen LogP contribution in [-0.2, 0) is 104 Å². The van der Waals surface area contributed by atoms with E-state index < -0.39 is 273 Å². The molecule has 42 heteroatoms. The summed E-state index contributed by atoms with van der Waals surface area (Å²) in [6, 6.07) is -6.63. The van der Waals surface area contributed by atoms with Gasteiger partial charge >= 0.3 is 36.0 Å². The van der Waals surface area contributed by atoms with Gasteiger partial charge in [0.05, 0.1) is 24.6 Å². The first-order valence-electron chi connectivity index (χ1n) is 35.7. The molecule has 0 heterocycles. The number of primary amides is 1. The van der Waals surface area contributed by atoms with E-state index in [-0.39, 0.29) is 44.2 Å². The third-order valence-corrected chi connectivity index (χ3v) is 17.0. The van der Waals surface area contributed by atoms with Crippen LogP contribution in [0.5, 0.6) is 0 Å². The maximum atomic E-state index is 14.4. The van der Waals surface area contributed by atoms with Crippen molar-refractivity contribution in [3.63, 3.8) is 0 Å². The summed E-state index contributed by atoms with van der Waals surface area (Å²) < 4.78 is 40.4. The predicted molar refractivity (Wildman–Crippen MR) is 388 cm³/mol. The van der Waals surface area contributed by atoms with Gasteiger partial charge in [-0.2, -0.15) is 13.2 Å². The van der Waals surface area contributed by atoms with Crippen molar-refractivity contribution in [1.82, 2.24) is 69.1 Å². The van der Waals surface area contributed by atoms with Crippen LogP contribution in [0, 0.1) is 11.8 Å². The highest BCUT2D eigenvalue weighted by Crippen LogP contribution is 2.32. The Morgan fingerprint density at radius 1 is 0.460 bits per heavy atom. The number of unbranched alkanes of at least 4 members (excludes halogenated alkanes) is 1. The van der Waals surface area contributed by atoms with Gasteiger partial charge in [0.15, 0.2) is 0 Å². The number of nitrogens with two attached hydrogens (primary N) is 1. The molecule has 113 heavy (non-hydrogen) atoms. The van der Waals surface area contributed by atoms with Gasteiger partial charge in [0.25, 0.3) is 0 Å². The zero-order valence-corrected chi connectivity index (χ0v) is 62.9. The summed E-state index contributed by atoms with van der Waals surface area (Å²) in [4.78, 5) is 248. The Bertz CT molecular complexity index is 3740. The molecule has 0 fully saturated rings. The maximum Gasteiger partial charge on any atom is 0.416 e. The van der Waals surface area contributed by atoms with Gasteiger partial charge in [-0.3, -0.25) is 86.3 Å². The Hall–Kier alpha value is -12.1. The SMILES string of the molecule is CC[C@H](C)[C@H](NC(=O)[C@@H](NC(=O)[C@H](C)NC(=O)[C@H](CCCCNC(=O)/C=C/c1ccccc1C(F)(F)F)NC(=O)[C@H](CC(=O)O)NC(C)=O)[C@@H](C)O)C(=O)NCC(=O)N[C@@H](Cc1ccccc1)C(=O)N[C@@H](CCC(=O)O)C(=O)N[C@H](C(=O)N[C@@H](CCC(N)=O)C(=O)N[C@@H](CCC(=O)O)C(=O)N[C@@H](CCC(=O)O)C(=O)O)C(C)C. The Labute approximate surface area is 645 Å². The second-order valence-corrected chi connectivity index (χ2v) is 26.6. The van der Waals surface area contributed by atoms with Crippen molar-refractivity contribution >= 4 is 119 Å². The van der Waals surface area contributed by atoms with Crippen molar-refractivity contribution < 1.29 is 135 Å². The first kappa shape index (κ1) is 96.9. The van der Waals surface area contributed by atoms with Gasteiger partial charge in [-0.15, -0.1) is 0 Å². The fourth-order valence-electron chi connectivity index (χ4n) is 10.6. The summed E-state index contributed by atoms with van der Waals surface area (Å²) in [5, 5.41) is 88.1. The van der Waals surface area contributed by atoms with Crippen LogP contribution in [0.25, 0.3) is 6.08 Å². The van der Waals surface area contributed by atoms with Gasteiger partial charge in [-0.05, 0) is 93.9 Å². The molecule has 0 saturated carbocycles. The van der Waals surface area contributed by atoms with Gasteiger partial charge in [0, 0.05) is 51.6 Å². The molecule has 0 unspecified atom stereocenters. The lowest BCUT2D eigenvalue weighted by Crippen LogP contribution is -2.61. The van der Waals surface area contributed by atoms with Crippen LogP contribution in [0.15, 0.2) is 60.7 Å². The molecule has 2 rings (SSSR count). The molecule has 0 spiro atoms. The summed E-state index contributed by atoms with van der Waals surface area (Å²) in [5.74, 6) is -24.5. The number of aliphatic hydroxyl groups is 1. The third-order valence-electron chi connectivity index (χ3n) is 17.0. The first-order chi connectivity index (χ1) is 52.8. The standard InChI is InChI=1S/C71H99F3N14O25/c1-8-36(4)58(87-69(111)59(38(6)89)88-60(102)37(5)78-61(103)43(81-66(108)49(33-56(100)101)79-39(7)90)20-14-15-31-76-51(92)27-21-41-18-12-13-19-42(41)71(72,73)74)67(109)77-34-52(93)80-48(32-40-16-10-9-11-17-40)65(107)83-46(24-29-54(96)97)64(106)86-57(35(2)3)68(110)84-44(22-26-50(75)91)62(104)82-45(23-28-53(94)95)63(105)85-47(70(112)113)25-30-55(98)99/h9-13,16-19,21,27,35-38,43-49,57-59,89H,8,14-15,20,22-26,28-34H2,1-7H3,(H2,75,91)(H,76,92)(H,77,109)(H,78,103)(H,79,90)(H,80,93)(H,81,108)(H,82,104)(H,83,107)(H,84,110)(H,85,105)(H,86,106)(H,87,111)(H,88,102)(H,94,95)(H,96,97)(H,98,99)(H,100,101)(H,112,113)/b27-21+/t36-,37-,38+,43-,44-,45-,46-,47-,48-,49-,57-,58-,59-/m0/s1. The molecular formula is C71H99F3N14O25. The Balaban J connectivity index is 2.38. The van der Waals surface area contributed by atoms with Gasteiger partial charge in [-0.1, -0.05) is 82.6 Å². The normalized spacial score (nSPS) is 14.7. The average molecular weight is 1610 g/mol. The minimum Gasteiger partial charge on any atom is -0.481 e. The number of hydrogen-bond acceptors (Lipinski definition) is 20. The second-order valence-electron chi connectivity index (χ2n) is 26.6. The molecule has 0 bridgehead atoms. The number of aliphatic carboxylic acids is 5. The number of carboxylic acids is 5.